The zero-order chi connectivity index (χ0) is 14.0. The van der Waals surface area contributed by atoms with E-state index in [1.807, 2.05) is 6.07 Å². The number of hydrogen-bond donors (Lipinski definition) is 1. The Morgan fingerprint density at radius 2 is 2.30 bits per heavy atom. The van der Waals surface area contributed by atoms with Crippen LogP contribution in [-0.2, 0) is 9.47 Å². The van der Waals surface area contributed by atoms with Crippen LogP contribution in [0.3, 0.4) is 0 Å². The van der Waals surface area contributed by atoms with E-state index in [0.717, 1.165) is 55.0 Å². The van der Waals surface area contributed by atoms with E-state index in [1.165, 1.54) is 0 Å². The van der Waals surface area contributed by atoms with Gasteiger partial charge >= 0.3 is 0 Å². The first-order valence-electron chi connectivity index (χ1n) is 7.03. The van der Waals surface area contributed by atoms with Gasteiger partial charge in [0, 0.05) is 31.4 Å². The van der Waals surface area contributed by atoms with Crippen LogP contribution < -0.4 is 10.1 Å². The summed E-state index contributed by atoms with van der Waals surface area (Å²) in [4.78, 5) is 0. The van der Waals surface area contributed by atoms with E-state index < -0.39 is 0 Å². The molecule has 4 nitrogen and oxygen atoms in total. The normalized spacial score (nSPS) is 29.6. The molecule has 2 saturated heterocycles. The Morgan fingerprint density at radius 3 is 3.00 bits per heavy atom. The van der Waals surface area contributed by atoms with Crippen LogP contribution in [0.1, 0.15) is 19.3 Å². The van der Waals surface area contributed by atoms with Gasteiger partial charge in [0.2, 0.25) is 0 Å². The molecule has 3 rings (SSSR count). The molecule has 2 heterocycles. The molecule has 2 unspecified atom stereocenters. The summed E-state index contributed by atoms with van der Waals surface area (Å²) in [6.07, 6.45) is 3.06. The third-order valence-electron chi connectivity index (χ3n) is 4.08. The summed E-state index contributed by atoms with van der Waals surface area (Å²) >= 11 is 3.52. The quantitative estimate of drug-likeness (QED) is 0.916. The Balaban J connectivity index is 1.66. The highest BCUT2D eigenvalue weighted by atomic mass is 79.9. The van der Waals surface area contributed by atoms with Crippen molar-refractivity contribution in [2.24, 2.45) is 0 Å². The van der Waals surface area contributed by atoms with E-state index >= 15 is 0 Å². The maximum atomic E-state index is 5.96. The van der Waals surface area contributed by atoms with Gasteiger partial charge in [-0.25, -0.2) is 0 Å². The zero-order valence-electron chi connectivity index (χ0n) is 11.7. The molecule has 2 aliphatic rings. The van der Waals surface area contributed by atoms with E-state index in [0.29, 0.717) is 6.04 Å². The minimum absolute atomic E-state index is 0.0559. The van der Waals surface area contributed by atoms with Crippen molar-refractivity contribution in [1.29, 1.82) is 0 Å². The summed E-state index contributed by atoms with van der Waals surface area (Å²) in [5.74, 6) is 0.850. The molecule has 1 N–H and O–H groups in total. The molecule has 0 bridgehead atoms. The van der Waals surface area contributed by atoms with Crippen molar-refractivity contribution in [2.45, 2.75) is 30.9 Å². The second-order valence-electron chi connectivity index (χ2n) is 5.52. The van der Waals surface area contributed by atoms with Crippen molar-refractivity contribution in [3.63, 3.8) is 0 Å². The molecule has 1 aromatic rings. The Kier molecular flexibility index (Phi) is 4.19. The van der Waals surface area contributed by atoms with Gasteiger partial charge in [0.15, 0.2) is 0 Å². The topological polar surface area (TPSA) is 39.7 Å². The van der Waals surface area contributed by atoms with Crippen LogP contribution in [0.25, 0.3) is 0 Å². The lowest BCUT2D eigenvalue weighted by Gasteiger charge is -2.37. The highest BCUT2D eigenvalue weighted by molar-refractivity contribution is 9.10. The average molecular weight is 342 g/mol. The molecule has 5 heteroatoms. The molecule has 2 fully saturated rings. The minimum Gasteiger partial charge on any atom is -0.496 e. The van der Waals surface area contributed by atoms with Crippen LogP contribution in [0, 0.1) is 0 Å². The van der Waals surface area contributed by atoms with Crippen molar-refractivity contribution in [3.8, 4) is 5.75 Å². The summed E-state index contributed by atoms with van der Waals surface area (Å²) in [6, 6.07) is 6.52. The first-order chi connectivity index (χ1) is 9.71. The number of halogens is 1. The molecule has 0 amide bonds. The van der Waals surface area contributed by atoms with Gasteiger partial charge < -0.3 is 19.5 Å². The van der Waals surface area contributed by atoms with Gasteiger partial charge in [-0.15, -0.1) is 0 Å². The fraction of sp³-hybridized carbons (Fsp3) is 0.600. The molecule has 2 aliphatic heterocycles. The number of hydrogen-bond acceptors (Lipinski definition) is 4. The SMILES string of the molecule is COc1ccc(NC2CCOC3(CCOC3)C2)cc1Br. The summed E-state index contributed by atoms with van der Waals surface area (Å²) < 4.78 is 17.7. The van der Waals surface area contributed by atoms with Crippen molar-refractivity contribution >= 4 is 21.6 Å². The van der Waals surface area contributed by atoms with Crippen LogP contribution in [0.15, 0.2) is 22.7 Å². The lowest BCUT2D eigenvalue weighted by Crippen LogP contribution is -2.44. The number of benzene rings is 1. The molecule has 2 atom stereocenters. The van der Waals surface area contributed by atoms with E-state index in [4.69, 9.17) is 14.2 Å². The second-order valence-corrected chi connectivity index (χ2v) is 6.37. The third kappa shape index (κ3) is 2.95. The maximum absolute atomic E-state index is 5.96. The van der Waals surface area contributed by atoms with Gasteiger partial charge in [0.1, 0.15) is 5.75 Å². The van der Waals surface area contributed by atoms with Crippen molar-refractivity contribution in [3.05, 3.63) is 22.7 Å². The van der Waals surface area contributed by atoms with Crippen molar-refractivity contribution in [1.82, 2.24) is 0 Å². The van der Waals surface area contributed by atoms with E-state index in [-0.39, 0.29) is 5.60 Å². The molecule has 20 heavy (non-hydrogen) atoms. The number of methoxy groups -OCH3 is 1. The van der Waals surface area contributed by atoms with Crippen LogP contribution in [-0.4, -0.2) is 38.6 Å². The molecule has 0 aromatic heterocycles. The Hall–Kier alpha value is -0.780. The van der Waals surface area contributed by atoms with Crippen molar-refractivity contribution in [2.75, 3.05) is 32.2 Å². The van der Waals surface area contributed by atoms with Gasteiger partial charge in [-0.2, -0.15) is 0 Å². The Bertz CT molecular complexity index is 474. The molecule has 0 aliphatic carbocycles. The lowest BCUT2D eigenvalue weighted by molar-refractivity contribution is -0.0828. The van der Waals surface area contributed by atoms with Crippen molar-refractivity contribution < 1.29 is 14.2 Å². The summed E-state index contributed by atoms with van der Waals surface area (Å²) in [7, 11) is 1.68. The van der Waals surface area contributed by atoms with Crippen LogP contribution in [0.5, 0.6) is 5.75 Å². The Morgan fingerprint density at radius 1 is 1.40 bits per heavy atom. The average Bonchev–Trinajstić information content (AvgIpc) is 2.87. The predicted molar refractivity (Wildman–Crippen MR) is 81.5 cm³/mol. The molecule has 110 valence electrons. The summed E-state index contributed by atoms with van der Waals surface area (Å²) in [5.41, 5.74) is 1.05. The fourth-order valence-corrected chi connectivity index (χ4v) is 3.55. The standard InChI is InChI=1S/C15H20BrNO3/c1-18-14-3-2-11(8-13(14)16)17-12-4-6-20-15(9-12)5-7-19-10-15/h2-3,8,12,17H,4-7,9-10H2,1H3. The highest BCUT2D eigenvalue weighted by Gasteiger charge is 2.40. The molecule has 1 spiro atoms. The van der Waals surface area contributed by atoms with E-state index in [9.17, 15) is 0 Å². The molecule has 0 radical (unpaired) electrons. The van der Waals surface area contributed by atoms with Gasteiger partial charge in [0.05, 0.1) is 23.8 Å². The lowest BCUT2D eigenvalue weighted by atomic mass is 9.89. The smallest absolute Gasteiger partial charge is 0.133 e. The molecular formula is C15H20BrNO3. The minimum atomic E-state index is -0.0559. The first kappa shape index (κ1) is 14.2. The van der Waals surface area contributed by atoms with Gasteiger partial charge in [-0.05, 0) is 47.0 Å². The summed E-state index contributed by atoms with van der Waals surface area (Å²) in [5, 5.41) is 3.60. The van der Waals surface area contributed by atoms with E-state index in [1.54, 1.807) is 7.11 Å². The predicted octanol–water partition coefficient (Wildman–Crippen LogP) is 3.21. The number of anilines is 1. The number of rotatable bonds is 3. The maximum Gasteiger partial charge on any atom is 0.133 e. The largest absolute Gasteiger partial charge is 0.496 e. The molecular weight excluding hydrogens is 322 g/mol. The van der Waals surface area contributed by atoms with Gasteiger partial charge in [-0.3, -0.25) is 0 Å². The fourth-order valence-electron chi connectivity index (χ4n) is 3.01. The highest BCUT2D eigenvalue weighted by Crippen LogP contribution is 2.35. The zero-order valence-corrected chi connectivity index (χ0v) is 13.2. The second kappa shape index (κ2) is 5.92. The first-order valence-corrected chi connectivity index (χ1v) is 7.82. The van der Waals surface area contributed by atoms with Gasteiger partial charge in [-0.1, -0.05) is 0 Å². The number of ether oxygens (including phenoxy) is 3. The molecule has 0 saturated carbocycles. The van der Waals surface area contributed by atoms with Crippen LogP contribution in [0.2, 0.25) is 0 Å². The van der Waals surface area contributed by atoms with Crippen LogP contribution >= 0.6 is 15.9 Å². The monoisotopic (exact) mass is 341 g/mol. The van der Waals surface area contributed by atoms with E-state index in [2.05, 4.69) is 33.4 Å². The Labute approximate surface area is 127 Å². The number of nitrogens with one attached hydrogen (secondary N) is 1. The van der Waals surface area contributed by atoms with Gasteiger partial charge in [0.25, 0.3) is 0 Å². The van der Waals surface area contributed by atoms with Crippen LogP contribution in [0.4, 0.5) is 5.69 Å². The summed E-state index contributed by atoms with van der Waals surface area (Å²) in [6.45, 7) is 2.36. The molecule has 1 aromatic carbocycles. The third-order valence-corrected chi connectivity index (χ3v) is 4.70.